The Balaban J connectivity index is 1.10. The topological polar surface area (TPSA) is 80.7 Å². The van der Waals surface area contributed by atoms with E-state index < -0.39 is 6.10 Å². The lowest BCUT2D eigenvalue weighted by Gasteiger charge is -2.31. The first-order valence-corrected chi connectivity index (χ1v) is 16.9. The Bertz CT molecular complexity index is 1600. The highest BCUT2D eigenvalue weighted by atomic mass is 16.5. The smallest absolute Gasteiger partial charge is 0.167 e. The van der Waals surface area contributed by atoms with Crippen molar-refractivity contribution >= 4 is 23.4 Å². The first-order chi connectivity index (χ1) is 21.7. The minimum Gasteiger partial charge on any atom is -0.491 e. The molecule has 0 amide bonds. The number of benzene rings is 2. The van der Waals surface area contributed by atoms with Gasteiger partial charge >= 0.3 is 0 Å². The summed E-state index contributed by atoms with van der Waals surface area (Å²) in [6.45, 7) is 5.93. The summed E-state index contributed by atoms with van der Waals surface area (Å²) in [5.41, 5.74) is 9.27. The van der Waals surface area contributed by atoms with E-state index in [-0.39, 0.29) is 24.1 Å². The third-order valence-corrected chi connectivity index (χ3v) is 10.5. The van der Waals surface area contributed by atoms with Crippen LogP contribution in [0.25, 0.3) is 6.08 Å². The summed E-state index contributed by atoms with van der Waals surface area (Å²) in [5, 5.41) is 10.7. The molecule has 0 spiro atoms. The highest BCUT2D eigenvalue weighted by Gasteiger charge is 2.39. The Labute approximate surface area is 267 Å². The summed E-state index contributed by atoms with van der Waals surface area (Å²) in [6.07, 6.45) is 14.5. The van der Waals surface area contributed by atoms with Gasteiger partial charge in [-0.3, -0.25) is 9.59 Å². The molecule has 1 saturated carbocycles. The molecule has 4 aliphatic rings. The van der Waals surface area contributed by atoms with Crippen molar-refractivity contribution in [2.24, 2.45) is 17.8 Å². The van der Waals surface area contributed by atoms with Gasteiger partial charge in [0.2, 0.25) is 0 Å². The highest BCUT2D eigenvalue weighted by molar-refractivity contribution is 6.06. The van der Waals surface area contributed by atoms with E-state index in [1.54, 1.807) is 6.92 Å². The van der Waals surface area contributed by atoms with Crippen molar-refractivity contribution in [3.63, 3.8) is 0 Å². The maximum absolute atomic E-state index is 13.6. The molecule has 2 aromatic carbocycles. The van der Waals surface area contributed by atoms with Crippen molar-refractivity contribution in [1.82, 2.24) is 0 Å². The van der Waals surface area contributed by atoms with Gasteiger partial charge in [0, 0.05) is 29.9 Å². The third-order valence-electron chi connectivity index (χ3n) is 10.5. The molecular weight excluding hydrogens is 560 g/mol. The summed E-state index contributed by atoms with van der Waals surface area (Å²) in [5.74, 6) is 2.59. The minimum atomic E-state index is -0.642. The molecule has 5 nitrogen and oxygen atoms in total. The van der Waals surface area contributed by atoms with Crippen LogP contribution in [0.1, 0.15) is 103 Å². The second-order valence-electron chi connectivity index (χ2n) is 14.0. The summed E-state index contributed by atoms with van der Waals surface area (Å²) in [4.78, 5) is 38.3. The molecule has 2 aromatic rings. The molecule has 1 N–H and O–H groups in total. The SMILES string of the molecule is CC(=O)CCC1CCC(C2Cc3cc4c(cc3C2=O)CC(C2=C(CCC(O)COc3ccc(C)cc3C)C=CCC2=O)=C4)CC1. The Morgan fingerprint density at radius 3 is 2.60 bits per heavy atom. The Hall–Kier alpha value is -3.57. The zero-order valence-electron chi connectivity index (χ0n) is 27.0. The van der Waals surface area contributed by atoms with Gasteiger partial charge < -0.3 is 14.6 Å². The molecule has 2 atom stereocenters. The van der Waals surface area contributed by atoms with Crippen molar-refractivity contribution in [2.45, 2.75) is 97.5 Å². The number of ketones is 3. The molecule has 0 bridgehead atoms. The van der Waals surface area contributed by atoms with E-state index in [1.165, 1.54) is 5.56 Å². The van der Waals surface area contributed by atoms with Crippen molar-refractivity contribution in [1.29, 1.82) is 0 Å². The van der Waals surface area contributed by atoms with Crippen LogP contribution < -0.4 is 4.74 Å². The average Bonchev–Trinajstić information content (AvgIpc) is 3.57. The molecule has 0 aliphatic heterocycles. The molecule has 1 fully saturated rings. The van der Waals surface area contributed by atoms with E-state index in [9.17, 15) is 19.5 Å². The van der Waals surface area contributed by atoms with E-state index in [1.807, 2.05) is 38.1 Å². The van der Waals surface area contributed by atoms with Gasteiger partial charge in [-0.2, -0.15) is 0 Å². The number of hydrogen-bond acceptors (Lipinski definition) is 5. The van der Waals surface area contributed by atoms with Gasteiger partial charge in [-0.05, 0) is 123 Å². The van der Waals surface area contributed by atoms with E-state index in [4.69, 9.17) is 4.74 Å². The summed E-state index contributed by atoms with van der Waals surface area (Å²) < 4.78 is 5.90. The lowest BCUT2D eigenvalue weighted by molar-refractivity contribution is -0.117. The monoisotopic (exact) mass is 606 g/mol. The predicted molar refractivity (Wildman–Crippen MR) is 177 cm³/mol. The van der Waals surface area contributed by atoms with E-state index in [0.29, 0.717) is 49.7 Å². The molecule has 0 heterocycles. The second-order valence-corrected chi connectivity index (χ2v) is 14.0. The van der Waals surface area contributed by atoms with E-state index >= 15 is 0 Å². The summed E-state index contributed by atoms with van der Waals surface area (Å²) >= 11 is 0. The van der Waals surface area contributed by atoms with Gasteiger partial charge in [0.15, 0.2) is 11.6 Å². The quantitative estimate of drug-likeness (QED) is 0.282. The van der Waals surface area contributed by atoms with E-state index in [0.717, 1.165) is 88.8 Å². The number of aliphatic hydroxyl groups excluding tert-OH is 1. The number of carbonyl (C=O) groups excluding carboxylic acids is 3. The maximum atomic E-state index is 13.6. The van der Waals surface area contributed by atoms with Crippen molar-refractivity contribution in [2.75, 3.05) is 6.61 Å². The zero-order valence-corrected chi connectivity index (χ0v) is 27.0. The number of hydrogen-bond donors (Lipinski definition) is 1. The van der Waals surface area contributed by atoms with Crippen molar-refractivity contribution in [3.05, 3.63) is 92.6 Å². The fourth-order valence-electron chi connectivity index (χ4n) is 8.01. The van der Waals surface area contributed by atoms with Crippen LogP contribution in [0.3, 0.4) is 0 Å². The van der Waals surface area contributed by atoms with Crippen LogP contribution >= 0.6 is 0 Å². The third kappa shape index (κ3) is 6.99. The Kier molecular flexibility index (Phi) is 9.37. The number of ether oxygens (including phenoxy) is 1. The minimum absolute atomic E-state index is 0.0735. The second kappa shape index (κ2) is 13.4. The Morgan fingerprint density at radius 2 is 1.84 bits per heavy atom. The molecule has 45 heavy (non-hydrogen) atoms. The predicted octanol–water partition coefficient (Wildman–Crippen LogP) is 7.82. The number of rotatable bonds is 11. The summed E-state index contributed by atoms with van der Waals surface area (Å²) in [6, 6.07) is 10.3. The van der Waals surface area contributed by atoms with Gasteiger partial charge in [0.05, 0.1) is 6.10 Å². The summed E-state index contributed by atoms with van der Waals surface area (Å²) in [7, 11) is 0. The highest BCUT2D eigenvalue weighted by Crippen LogP contribution is 2.44. The fourth-order valence-corrected chi connectivity index (χ4v) is 8.01. The van der Waals surface area contributed by atoms with Crippen LogP contribution in [0.5, 0.6) is 5.75 Å². The molecule has 6 rings (SSSR count). The number of Topliss-reactive ketones (excluding diaryl/α,β-unsaturated/α-hetero) is 3. The normalized spacial score (nSPS) is 23.2. The number of fused-ring (bicyclic) bond motifs is 2. The van der Waals surface area contributed by atoms with Crippen LogP contribution in [0, 0.1) is 31.6 Å². The molecule has 0 radical (unpaired) electrons. The molecule has 2 unspecified atom stereocenters. The van der Waals surface area contributed by atoms with Gasteiger partial charge in [0.25, 0.3) is 0 Å². The van der Waals surface area contributed by atoms with Crippen molar-refractivity contribution in [3.8, 4) is 5.75 Å². The molecule has 236 valence electrons. The molecule has 4 aliphatic carbocycles. The molecule has 5 heteroatoms. The average molecular weight is 607 g/mol. The van der Waals surface area contributed by atoms with Gasteiger partial charge in [0.1, 0.15) is 18.1 Å². The van der Waals surface area contributed by atoms with E-state index in [2.05, 4.69) is 24.3 Å². The first-order valence-electron chi connectivity index (χ1n) is 16.9. The number of allylic oxidation sites excluding steroid dienone is 5. The van der Waals surface area contributed by atoms with Gasteiger partial charge in [-0.1, -0.05) is 54.8 Å². The zero-order chi connectivity index (χ0) is 31.7. The van der Waals surface area contributed by atoms with Crippen LogP contribution in [0.4, 0.5) is 0 Å². The van der Waals surface area contributed by atoms with Crippen molar-refractivity contribution < 1.29 is 24.2 Å². The lowest BCUT2D eigenvalue weighted by Crippen LogP contribution is -2.26. The first kappa shape index (κ1) is 31.4. The van der Waals surface area contributed by atoms with Gasteiger partial charge in [-0.15, -0.1) is 0 Å². The molecular formula is C40H46O5. The Morgan fingerprint density at radius 1 is 1.04 bits per heavy atom. The fraction of sp³-hybridized carbons (Fsp3) is 0.475. The largest absolute Gasteiger partial charge is 0.491 e. The maximum Gasteiger partial charge on any atom is 0.167 e. The molecule has 0 saturated heterocycles. The number of carbonyl (C=O) groups is 3. The van der Waals surface area contributed by atoms with Crippen LogP contribution in [-0.2, 0) is 22.4 Å². The standard InChI is InChI=1S/C40H46O5/c1-24-7-16-38(25(2)17-24)45-23-34(42)15-14-29-5-4-6-37(43)39(29)33-19-30-18-32-22-35(40(44)36(32)21-31(30)20-33)28-12-10-27(11-13-28)9-8-26(3)41/h4-5,7,16-19,21,27-28,34-35,42H,6,8-15,20,22-23H2,1-3H3. The van der Waals surface area contributed by atoms with Crippen LogP contribution in [0.15, 0.2) is 59.2 Å². The number of aryl methyl sites for hydroxylation is 2. The lowest BCUT2D eigenvalue weighted by atomic mass is 9.73. The van der Waals surface area contributed by atoms with Crippen LogP contribution in [-0.4, -0.2) is 35.2 Å². The van der Waals surface area contributed by atoms with Crippen LogP contribution in [0.2, 0.25) is 0 Å². The molecule has 0 aromatic heterocycles. The number of aliphatic hydroxyl groups is 1. The van der Waals surface area contributed by atoms with Gasteiger partial charge in [-0.25, -0.2) is 0 Å².